The maximum atomic E-state index is 4.91. The lowest BCUT2D eigenvalue weighted by atomic mass is 9.79. The van der Waals surface area contributed by atoms with Crippen molar-refractivity contribution < 1.29 is 0 Å². The quantitative estimate of drug-likeness (QED) is 0.372. The van der Waals surface area contributed by atoms with Crippen LogP contribution in [0.1, 0.15) is 82.3 Å². The molecule has 7 heteroatoms. The van der Waals surface area contributed by atoms with Crippen molar-refractivity contribution in [2.45, 2.75) is 96.2 Å². The van der Waals surface area contributed by atoms with E-state index in [2.05, 4.69) is 20.8 Å². The molecule has 1 aromatic heterocycles. The van der Waals surface area contributed by atoms with Crippen molar-refractivity contribution in [2.75, 3.05) is 0 Å². The summed E-state index contributed by atoms with van der Waals surface area (Å²) in [6, 6.07) is 1.13. The minimum Gasteiger partial charge on any atom is -0.354 e. The van der Waals surface area contributed by atoms with E-state index in [-0.39, 0.29) is 24.0 Å². The molecule has 0 radical (unpaired) electrons. The van der Waals surface area contributed by atoms with Gasteiger partial charge in [-0.2, -0.15) is 0 Å². The van der Waals surface area contributed by atoms with Crippen LogP contribution in [0.2, 0.25) is 0 Å². The molecule has 2 N–H and O–H groups in total. The highest BCUT2D eigenvalue weighted by molar-refractivity contribution is 14.0. The number of nitrogens with zero attached hydrogens (tertiary/aromatic N) is 4. The Morgan fingerprint density at radius 2 is 1.68 bits per heavy atom. The van der Waals surface area contributed by atoms with Crippen molar-refractivity contribution >= 4 is 29.9 Å². The van der Waals surface area contributed by atoms with E-state index in [0.29, 0.717) is 18.6 Å². The third-order valence-corrected chi connectivity index (χ3v) is 7.14. The highest BCUT2D eigenvalue weighted by Gasteiger charge is 2.34. The monoisotopic (exact) mass is 500 g/mol. The molecular formula is C21H37IN6. The zero-order chi connectivity index (χ0) is 18.6. The van der Waals surface area contributed by atoms with Crippen molar-refractivity contribution in [1.82, 2.24) is 25.4 Å². The molecule has 3 atom stereocenters. The number of nitrogens with one attached hydrogen (secondary N) is 2. The average molecular weight is 500 g/mol. The molecule has 3 fully saturated rings. The molecule has 3 aliphatic carbocycles. The normalized spacial score (nSPS) is 28.5. The predicted molar refractivity (Wildman–Crippen MR) is 124 cm³/mol. The molecular weight excluding hydrogens is 463 g/mol. The molecule has 1 heterocycles. The lowest BCUT2D eigenvalue weighted by Crippen LogP contribution is -2.49. The predicted octanol–water partition coefficient (Wildman–Crippen LogP) is 4.08. The third-order valence-electron chi connectivity index (χ3n) is 7.14. The van der Waals surface area contributed by atoms with Crippen molar-refractivity contribution in [3.05, 3.63) is 11.6 Å². The Bertz CT molecular complexity index is 651. The van der Waals surface area contributed by atoms with E-state index in [4.69, 9.17) is 4.99 Å². The fraction of sp³-hybridized carbons (Fsp3) is 0.857. The second-order valence-electron chi connectivity index (χ2n) is 8.97. The largest absolute Gasteiger partial charge is 0.354 e. The molecule has 3 saturated carbocycles. The van der Waals surface area contributed by atoms with Crippen LogP contribution >= 0.6 is 24.0 Å². The number of halogens is 1. The first-order chi connectivity index (χ1) is 13.2. The van der Waals surface area contributed by atoms with Crippen molar-refractivity contribution in [1.29, 1.82) is 0 Å². The first kappa shape index (κ1) is 21.8. The summed E-state index contributed by atoms with van der Waals surface area (Å²) in [5, 5.41) is 16.0. The first-order valence-corrected chi connectivity index (χ1v) is 11.1. The van der Waals surface area contributed by atoms with Gasteiger partial charge in [0.15, 0.2) is 11.8 Å². The van der Waals surface area contributed by atoms with Gasteiger partial charge in [0.1, 0.15) is 12.4 Å². The summed E-state index contributed by atoms with van der Waals surface area (Å²) < 4.78 is 2.03. The first-order valence-electron chi connectivity index (χ1n) is 11.1. The van der Waals surface area contributed by atoms with Gasteiger partial charge in [0, 0.05) is 19.1 Å². The molecule has 6 nitrogen and oxygen atoms in total. The molecule has 0 bridgehead atoms. The zero-order valence-corrected chi connectivity index (χ0v) is 19.8. The summed E-state index contributed by atoms with van der Waals surface area (Å²) >= 11 is 0. The number of aryl methyl sites for hydroxylation is 1. The Morgan fingerprint density at radius 1 is 0.929 bits per heavy atom. The van der Waals surface area contributed by atoms with Gasteiger partial charge in [-0.05, 0) is 50.9 Å². The van der Waals surface area contributed by atoms with Gasteiger partial charge in [-0.3, -0.25) is 0 Å². The molecule has 1 aromatic rings. The van der Waals surface area contributed by atoms with E-state index in [1.54, 1.807) is 0 Å². The third kappa shape index (κ3) is 5.39. The van der Waals surface area contributed by atoms with E-state index in [1.165, 1.54) is 70.6 Å². The average Bonchev–Trinajstić information content (AvgIpc) is 3.27. The minimum atomic E-state index is 0. The maximum Gasteiger partial charge on any atom is 0.192 e. The number of rotatable bonds is 4. The van der Waals surface area contributed by atoms with Crippen LogP contribution in [0.3, 0.4) is 0 Å². The second kappa shape index (κ2) is 10.3. The second-order valence-corrected chi connectivity index (χ2v) is 8.97. The molecule has 4 rings (SSSR count). The number of fused-ring (bicyclic) bond motifs is 1. The molecule has 3 aliphatic rings. The Morgan fingerprint density at radius 3 is 2.43 bits per heavy atom. The molecule has 158 valence electrons. The topological polar surface area (TPSA) is 67.1 Å². The van der Waals surface area contributed by atoms with Crippen LogP contribution in [0, 0.1) is 18.8 Å². The Kier molecular flexibility index (Phi) is 8.00. The number of hydrogen-bond acceptors (Lipinski definition) is 3. The Balaban J connectivity index is 0.00000225. The fourth-order valence-corrected chi connectivity index (χ4v) is 5.34. The molecule has 0 aliphatic heterocycles. The molecule has 3 unspecified atom stereocenters. The summed E-state index contributed by atoms with van der Waals surface area (Å²) in [6.07, 6.45) is 14.9. The van der Waals surface area contributed by atoms with E-state index in [0.717, 1.165) is 29.4 Å². The summed E-state index contributed by atoms with van der Waals surface area (Å²) in [5.41, 5.74) is 0. The maximum absolute atomic E-state index is 4.91. The zero-order valence-electron chi connectivity index (χ0n) is 17.5. The SMILES string of the molecule is Cc1nnc(CN=C(NC2CCCCC2)NC2CCC3CCCC3C2)n1C.I. The number of aromatic nitrogens is 3. The molecule has 28 heavy (non-hydrogen) atoms. The summed E-state index contributed by atoms with van der Waals surface area (Å²) in [7, 11) is 2.02. The van der Waals surface area contributed by atoms with Crippen LogP contribution in [-0.4, -0.2) is 32.8 Å². The van der Waals surface area contributed by atoms with E-state index in [9.17, 15) is 0 Å². The van der Waals surface area contributed by atoms with Crippen LogP contribution in [-0.2, 0) is 13.6 Å². The van der Waals surface area contributed by atoms with Gasteiger partial charge in [0.25, 0.3) is 0 Å². The molecule has 0 aromatic carbocycles. The van der Waals surface area contributed by atoms with Crippen LogP contribution < -0.4 is 10.6 Å². The summed E-state index contributed by atoms with van der Waals surface area (Å²) in [5.74, 6) is 4.79. The van der Waals surface area contributed by atoms with Crippen LogP contribution in [0.25, 0.3) is 0 Å². The molecule has 0 saturated heterocycles. The molecule has 0 amide bonds. The molecule has 0 spiro atoms. The van der Waals surface area contributed by atoms with Gasteiger partial charge in [-0.15, -0.1) is 34.2 Å². The van der Waals surface area contributed by atoms with E-state index < -0.39 is 0 Å². The van der Waals surface area contributed by atoms with Gasteiger partial charge < -0.3 is 15.2 Å². The van der Waals surface area contributed by atoms with Crippen LogP contribution in [0.4, 0.5) is 0 Å². The Labute approximate surface area is 186 Å². The highest BCUT2D eigenvalue weighted by atomic mass is 127. The fourth-order valence-electron chi connectivity index (χ4n) is 5.34. The van der Waals surface area contributed by atoms with Gasteiger partial charge in [-0.25, -0.2) is 4.99 Å². The summed E-state index contributed by atoms with van der Waals surface area (Å²) in [4.78, 5) is 4.91. The smallest absolute Gasteiger partial charge is 0.192 e. The van der Waals surface area contributed by atoms with Crippen molar-refractivity contribution in [3.63, 3.8) is 0 Å². The van der Waals surface area contributed by atoms with Gasteiger partial charge in [0.2, 0.25) is 0 Å². The number of guanidine groups is 1. The minimum absolute atomic E-state index is 0. The van der Waals surface area contributed by atoms with Gasteiger partial charge >= 0.3 is 0 Å². The van der Waals surface area contributed by atoms with Crippen LogP contribution in [0.15, 0.2) is 4.99 Å². The lowest BCUT2D eigenvalue weighted by molar-refractivity contribution is 0.239. The van der Waals surface area contributed by atoms with Gasteiger partial charge in [-0.1, -0.05) is 38.5 Å². The summed E-state index contributed by atoms with van der Waals surface area (Å²) in [6.45, 7) is 2.57. The lowest BCUT2D eigenvalue weighted by Gasteiger charge is -2.34. The Hall–Kier alpha value is -0.860. The van der Waals surface area contributed by atoms with E-state index in [1.807, 2.05) is 18.5 Å². The van der Waals surface area contributed by atoms with Crippen molar-refractivity contribution in [3.8, 4) is 0 Å². The van der Waals surface area contributed by atoms with Crippen LogP contribution in [0.5, 0.6) is 0 Å². The van der Waals surface area contributed by atoms with Crippen molar-refractivity contribution in [2.24, 2.45) is 23.9 Å². The van der Waals surface area contributed by atoms with E-state index >= 15 is 0 Å². The standard InChI is InChI=1S/C21H36N6.HI/c1-15-25-26-20(27(15)2)14-22-21(23-18-9-4-3-5-10-18)24-19-12-11-16-7-6-8-17(16)13-19;/h16-19H,3-14H2,1-2H3,(H2,22,23,24);1H. The highest BCUT2D eigenvalue weighted by Crippen LogP contribution is 2.42. The number of hydrogen-bond donors (Lipinski definition) is 2. The van der Waals surface area contributed by atoms with Gasteiger partial charge in [0.05, 0.1) is 0 Å². The number of aliphatic imine (C=N–C) groups is 1.